The van der Waals surface area contributed by atoms with Crippen LogP contribution in [0.15, 0.2) is 0 Å². The van der Waals surface area contributed by atoms with E-state index in [-0.39, 0.29) is 12.5 Å². The van der Waals surface area contributed by atoms with E-state index >= 15 is 0 Å². The molecule has 0 aliphatic heterocycles. The molecule has 0 saturated carbocycles. The molecule has 0 radical (unpaired) electrons. The Kier molecular flexibility index (Phi) is 6.06. The van der Waals surface area contributed by atoms with E-state index in [9.17, 15) is 9.59 Å². The van der Waals surface area contributed by atoms with Gasteiger partial charge in [0.2, 0.25) is 5.91 Å². The van der Waals surface area contributed by atoms with Gasteiger partial charge >= 0.3 is 0 Å². The molecule has 0 rings (SSSR count). The van der Waals surface area contributed by atoms with E-state index in [1.165, 1.54) is 6.19 Å². The van der Waals surface area contributed by atoms with Gasteiger partial charge in [0, 0.05) is 0 Å². The van der Waals surface area contributed by atoms with Crippen molar-refractivity contribution in [3.05, 3.63) is 0 Å². The summed E-state index contributed by atoms with van der Waals surface area (Å²) in [5, 5.41) is 12.7. The molecule has 4 N–H and O–H groups in total. The molecule has 1 atom stereocenters. The Labute approximate surface area is 88.8 Å². The Morgan fingerprint density at radius 1 is 1.47 bits per heavy atom. The van der Waals surface area contributed by atoms with Crippen LogP contribution in [-0.2, 0) is 9.59 Å². The van der Waals surface area contributed by atoms with Crippen LogP contribution < -0.4 is 16.4 Å². The smallest absolute Gasteiger partial charge is 0.255 e. The lowest BCUT2D eigenvalue weighted by Gasteiger charge is -2.17. The number of carbonyl (C=O) groups is 2. The zero-order valence-corrected chi connectivity index (χ0v) is 8.91. The summed E-state index contributed by atoms with van der Waals surface area (Å²) in [5.41, 5.74) is 5.12. The lowest BCUT2D eigenvalue weighted by Crippen LogP contribution is -2.48. The maximum atomic E-state index is 11.3. The highest BCUT2D eigenvalue weighted by molar-refractivity contribution is 5.88. The summed E-state index contributed by atoms with van der Waals surface area (Å²) in [6, 6.07) is -0.694. The number of nitrogens with zero attached hydrogens (tertiary/aromatic N) is 1. The van der Waals surface area contributed by atoms with Crippen LogP contribution in [0.4, 0.5) is 0 Å². The van der Waals surface area contributed by atoms with Crippen molar-refractivity contribution in [3.8, 4) is 6.19 Å². The van der Waals surface area contributed by atoms with E-state index in [0.29, 0.717) is 6.42 Å². The highest BCUT2D eigenvalue weighted by Crippen LogP contribution is 2.04. The van der Waals surface area contributed by atoms with Crippen LogP contribution in [0.1, 0.15) is 20.3 Å². The average molecular weight is 212 g/mol. The van der Waals surface area contributed by atoms with E-state index in [1.54, 1.807) is 0 Å². The fourth-order valence-corrected chi connectivity index (χ4v) is 1.10. The summed E-state index contributed by atoms with van der Waals surface area (Å²) in [6.07, 6.45) is 2.00. The zero-order valence-electron chi connectivity index (χ0n) is 8.91. The Morgan fingerprint density at radius 3 is 2.47 bits per heavy atom. The molecule has 6 heteroatoms. The first-order chi connectivity index (χ1) is 7.01. The van der Waals surface area contributed by atoms with Gasteiger partial charge in [-0.15, -0.1) is 0 Å². The number of hydrogen-bond donors (Lipinski definition) is 3. The molecule has 15 heavy (non-hydrogen) atoms. The van der Waals surface area contributed by atoms with Crippen molar-refractivity contribution < 1.29 is 9.59 Å². The Hall–Kier alpha value is -1.61. The summed E-state index contributed by atoms with van der Waals surface area (Å²) in [4.78, 5) is 22.4. The molecule has 6 nitrogen and oxygen atoms in total. The third kappa shape index (κ3) is 5.65. The van der Waals surface area contributed by atoms with Crippen molar-refractivity contribution in [2.75, 3.05) is 6.54 Å². The third-order valence-corrected chi connectivity index (χ3v) is 1.72. The van der Waals surface area contributed by atoms with Crippen molar-refractivity contribution in [2.24, 2.45) is 11.7 Å². The number of amides is 2. The topological polar surface area (TPSA) is 108 Å². The third-order valence-electron chi connectivity index (χ3n) is 1.72. The zero-order chi connectivity index (χ0) is 11.8. The standard InChI is InChI=1S/C9H16N4O2/c1-6(2)3-7(9(15)12-5-11)13-8(14)4-10/h6-7H,3-4,10H2,1-2H3,(H,12,15)(H,13,14)/t7-/m0/s1. The van der Waals surface area contributed by atoms with Crippen molar-refractivity contribution in [3.63, 3.8) is 0 Å². The van der Waals surface area contributed by atoms with Gasteiger partial charge in [0.1, 0.15) is 6.04 Å². The monoisotopic (exact) mass is 212 g/mol. The van der Waals surface area contributed by atoms with E-state index in [4.69, 9.17) is 11.0 Å². The Morgan fingerprint density at radius 2 is 2.07 bits per heavy atom. The summed E-state index contributed by atoms with van der Waals surface area (Å²) in [5.74, 6) is -0.681. The van der Waals surface area contributed by atoms with Crippen LogP contribution in [-0.4, -0.2) is 24.4 Å². The highest BCUT2D eigenvalue weighted by Gasteiger charge is 2.20. The highest BCUT2D eigenvalue weighted by atomic mass is 16.2. The van der Waals surface area contributed by atoms with Crippen molar-refractivity contribution in [1.29, 1.82) is 5.26 Å². The van der Waals surface area contributed by atoms with E-state index in [1.807, 2.05) is 19.2 Å². The first-order valence-corrected chi connectivity index (χ1v) is 4.69. The first-order valence-electron chi connectivity index (χ1n) is 4.69. The van der Waals surface area contributed by atoms with Crippen molar-refractivity contribution in [2.45, 2.75) is 26.3 Å². The number of carbonyl (C=O) groups excluding carboxylic acids is 2. The van der Waals surface area contributed by atoms with Crippen molar-refractivity contribution >= 4 is 11.8 Å². The summed E-state index contributed by atoms with van der Waals surface area (Å²) in [7, 11) is 0. The largest absolute Gasteiger partial charge is 0.343 e. The van der Waals surface area contributed by atoms with Crippen LogP contribution in [0.2, 0.25) is 0 Å². The maximum absolute atomic E-state index is 11.3. The van der Waals surface area contributed by atoms with Gasteiger partial charge in [0.15, 0.2) is 6.19 Å². The second-order valence-electron chi connectivity index (χ2n) is 3.55. The van der Waals surface area contributed by atoms with Gasteiger partial charge in [-0.25, -0.2) is 0 Å². The van der Waals surface area contributed by atoms with Crippen LogP contribution in [0.3, 0.4) is 0 Å². The summed E-state index contributed by atoms with van der Waals surface area (Å²) < 4.78 is 0. The lowest BCUT2D eigenvalue weighted by atomic mass is 10.0. The normalized spacial score (nSPS) is 11.7. The van der Waals surface area contributed by atoms with Crippen LogP contribution in [0.25, 0.3) is 0 Å². The first kappa shape index (κ1) is 13.4. The Balaban J connectivity index is 4.37. The minimum Gasteiger partial charge on any atom is -0.343 e. The molecule has 0 bridgehead atoms. The van der Waals surface area contributed by atoms with Crippen molar-refractivity contribution in [1.82, 2.24) is 10.6 Å². The van der Waals surface area contributed by atoms with Gasteiger partial charge in [-0.2, -0.15) is 5.26 Å². The summed E-state index contributed by atoms with van der Waals surface area (Å²) >= 11 is 0. The predicted octanol–water partition coefficient (Wildman–Crippen LogP) is -0.927. The molecular weight excluding hydrogens is 196 g/mol. The average Bonchev–Trinajstić information content (AvgIpc) is 2.16. The second-order valence-corrected chi connectivity index (χ2v) is 3.55. The number of nitriles is 1. The fraction of sp³-hybridized carbons (Fsp3) is 0.667. The van der Waals surface area contributed by atoms with E-state index in [2.05, 4.69) is 5.32 Å². The van der Waals surface area contributed by atoms with E-state index in [0.717, 1.165) is 0 Å². The molecule has 84 valence electrons. The molecule has 0 aliphatic carbocycles. The molecule has 0 unspecified atom stereocenters. The molecule has 0 spiro atoms. The second kappa shape index (κ2) is 6.79. The maximum Gasteiger partial charge on any atom is 0.255 e. The number of nitrogens with one attached hydrogen (secondary N) is 2. The molecule has 0 fully saturated rings. The molecule has 0 aromatic rings. The molecule has 0 aromatic heterocycles. The molecule has 0 aliphatic rings. The molecule has 0 aromatic carbocycles. The molecule has 0 heterocycles. The SMILES string of the molecule is CC(C)C[C@H](NC(=O)CN)C(=O)NC#N. The van der Waals surface area contributed by atoms with E-state index < -0.39 is 17.9 Å². The van der Waals surface area contributed by atoms with Gasteiger partial charge in [-0.1, -0.05) is 13.8 Å². The van der Waals surface area contributed by atoms with Crippen LogP contribution in [0.5, 0.6) is 0 Å². The van der Waals surface area contributed by atoms with Gasteiger partial charge in [-0.05, 0) is 12.3 Å². The molecule has 2 amide bonds. The van der Waals surface area contributed by atoms with Gasteiger partial charge in [-0.3, -0.25) is 14.9 Å². The summed E-state index contributed by atoms with van der Waals surface area (Å²) in [6.45, 7) is 3.66. The molecular formula is C9H16N4O2. The lowest BCUT2D eigenvalue weighted by molar-refractivity contribution is -0.128. The van der Waals surface area contributed by atoms with Gasteiger partial charge in [0.05, 0.1) is 6.54 Å². The Bertz CT molecular complexity index is 270. The quantitative estimate of drug-likeness (QED) is 0.404. The minimum atomic E-state index is -0.694. The fourth-order valence-electron chi connectivity index (χ4n) is 1.10. The van der Waals surface area contributed by atoms with Gasteiger partial charge in [0.25, 0.3) is 5.91 Å². The number of hydrogen-bond acceptors (Lipinski definition) is 4. The molecule has 0 saturated heterocycles. The number of nitrogens with two attached hydrogens (primary N) is 1. The van der Waals surface area contributed by atoms with Crippen LogP contribution in [0, 0.1) is 17.4 Å². The van der Waals surface area contributed by atoms with Crippen LogP contribution >= 0.6 is 0 Å². The predicted molar refractivity (Wildman–Crippen MR) is 54.2 cm³/mol. The minimum absolute atomic E-state index is 0.172. The van der Waals surface area contributed by atoms with Gasteiger partial charge < -0.3 is 11.1 Å². The number of rotatable bonds is 5.